The molecule has 1 aliphatic rings. The molecule has 1 atom stereocenters. The molecule has 146 valence electrons. The van der Waals surface area contributed by atoms with Crippen LogP contribution in [0.3, 0.4) is 0 Å². The Labute approximate surface area is 163 Å². The van der Waals surface area contributed by atoms with Crippen molar-refractivity contribution >= 4 is 0 Å². The first kappa shape index (κ1) is 19.9. The second-order valence-electron chi connectivity index (χ2n) is 7.41. The summed E-state index contributed by atoms with van der Waals surface area (Å²) in [6.45, 7) is 6.26. The molecule has 2 N–H and O–H groups in total. The molecule has 1 fully saturated rings. The molecule has 0 radical (unpaired) electrons. The van der Waals surface area contributed by atoms with Crippen molar-refractivity contribution in [3.05, 3.63) is 65.7 Å². The Balaban J connectivity index is 1.32. The van der Waals surface area contributed by atoms with Crippen molar-refractivity contribution < 1.29 is 9.84 Å². The topological polar surface area (TPSA) is 44.7 Å². The van der Waals surface area contributed by atoms with E-state index in [4.69, 9.17) is 4.74 Å². The third-order valence-electron chi connectivity index (χ3n) is 5.23. The van der Waals surface area contributed by atoms with Crippen molar-refractivity contribution in [3.8, 4) is 5.75 Å². The number of ether oxygens (including phenoxy) is 1. The third-order valence-corrected chi connectivity index (χ3v) is 5.23. The molecule has 1 heterocycles. The number of likely N-dealkylation sites (tertiary alicyclic amines) is 1. The molecule has 1 saturated heterocycles. The normalized spacial score (nSPS) is 17.0. The highest BCUT2D eigenvalue weighted by atomic mass is 16.5. The second kappa shape index (κ2) is 10.5. The van der Waals surface area contributed by atoms with E-state index in [1.807, 2.05) is 18.2 Å². The third kappa shape index (κ3) is 6.65. The molecule has 0 aliphatic carbocycles. The highest BCUT2D eigenvalue weighted by Crippen LogP contribution is 2.15. The summed E-state index contributed by atoms with van der Waals surface area (Å²) in [6, 6.07) is 19.2. The van der Waals surface area contributed by atoms with E-state index in [1.165, 1.54) is 11.1 Å². The number of aliphatic hydroxyl groups is 1. The van der Waals surface area contributed by atoms with Gasteiger partial charge in [-0.05, 0) is 55.6 Å². The quantitative estimate of drug-likeness (QED) is 0.713. The standard InChI is InChI=1S/C23H32N2O2/c1-2-19-9-6-10-23(15-19)27-18-22(26)16-24-21-11-13-25(14-12-21)17-20-7-4-3-5-8-20/h3-10,15,21-22,24,26H,2,11-14,16-18H2,1H3/t22-/m1/s1. The summed E-state index contributed by atoms with van der Waals surface area (Å²) in [7, 11) is 0. The van der Waals surface area contributed by atoms with Crippen LogP contribution in [0.5, 0.6) is 5.75 Å². The van der Waals surface area contributed by atoms with Crippen molar-refractivity contribution in [2.75, 3.05) is 26.2 Å². The minimum atomic E-state index is -0.488. The van der Waals surface area contributed by atoms with E-state index in [9.17, 15) is 5.11 Å². The summed E-state index contributed by atoms with van der Waals surface area (Å²) in [6.07, 6.45) is 2.75. The summed E-state index contributed by atoms with van der Waals surface area (Å²) in [4.78, 5) is 2.51. The number of nitrogens with one attached hydrogen (secondary N) is 1. The van der Waals surface area contributed by atoms with Crippen LogP contribution in [0.15, 0.2) is 54.6 Å². The lowest BCUT2D eigenvalue weighted by atomic mass is 10.0. The molecule has 0 saturated carbocycles. The maximum absolute atomic E-state index is 10.2. The van der Waals surface area contributed by atoms with Gasteiger partial charge in [-0.1, -0.05) is 49.4 Å². The molecule has 3 rings (SSSR count). The molecule has 4 heteroatoms. The predicted molar refractivity (Wildman–Crippen MR) is 110 cm³/mol. The zero-order chi connectivity index (χ0) is 18.9. The van der Waals surface area contributed by atoms with Gasteiger partial charge >= 0.3 is 0 Å². The lowest BCUT2D eigenvalue weighted by molar-refractivity contribution is 0.0979. The summed E-state index contributed by atoms with van der Waals surface area (Å²) in [5, 5.41) is 13.7. The number of hydrogen-bond donors (Lipinski definition) is 2. The van der Waals surface area contributed by atoms with Gasteiger partial charge in [0.25, 0.3) is 0 Å². The lowest BCUT2D eigenvalue weighted by Crippen LogP contribution is -2.45. The van der Waals surface area contributed by atoms with Gasteiger partial charge in [0.2, 0.25) is 0 Å². The number of rotatable bonds is 9. The van der Waals surface area contributed by atoms with E-state index in [-0.39, 0.29) is 0 Å². The number of aliphatic hydroxyl groups excluding tert-OH is 1. The molecule has 0 bridgehead atoms. The fourth-order valence-corrected chi connectivity index (χ4v) is 3.55. The summed E-state index contributed by atoms with van der Waals surface area (Å²) < 4.78 is 5.74. The Morgan fingerprint density at radius 1 is 1.07 bits per heavy atom. The smallest absolute Gasteiger partial charge is 0.119 e. The zero-order valence-corrected chi connectivity index (χ0v) is 16.3. The van der Waals surface area contributed by atoms with Gasteiger partial charge in [0.05, 0.1) is 0 Å². The Morgan fingerprint density at radius 2 is 1.81 bits per heavy atom. The van der Waals surface area contributed by atoms with Gasteiger partial charge in [0.15, 0.2) is 0 Å². The fourth-order valence-electron chi connectivity index (χ4n) is 3.55. The number of aryl methyl sites for hydroxylation is 1. The molecule has 0 spiro atoms. The monoisotopic (exact) mass is 368 g/mol. The van der Waals surface area contributed by atoms with Crippen molar-refractivity contribution in [2.24, 2.45) is 0 Å². The Bertz CT molecular complexity index is 669. The van der Waals surface area contributed by atoms with E-state index in [1.54, 1.807) is 0 Å². The first-order valence-electron chi connectivity index (χ1n) is 10.1. The molecular weight excluding hydrogens is 336 g/mol. The van der Waals surface area contributed by atoms with Crippen molar-refractivity contribution in [1.29, 1.82) is 0 Å². The van der Waals surface area contributed by atoms with Crippen LogP contribution < -0.4 is 10.1 Å². The minimum absolute atomic E-state index is 0.326. The van der Waals surface area contributed by atoms with Crippen molar-refractivity contribution in [2.45, 2.75) is 44.9 Å². The fraction of sp³-hybridized carbons (Fsp3) is 0.478. The summed E-state index contributed by atoms with van der Waals surface area (Å²) in [5.74, 6) is 0.836. The van der Waals surface area contributed by atoms with Gasteiger partial charge < -0.3 is 15.2 Å². The molecule has 0 unspecified atom stereocenters. The van der Waals surface area contributed by atoms with Crippen LogP contribution >= 0.6 is 0 Å². The molecule has 0 amide bonds. The van der Waals surface area contributed by atoms with Gasteiger partial charge in [-0.25, -0.2) is 0 Å². The first-order chi connectivity index (χ1) is 13.2. The molecule has 27 heavy (non-hydrogen) atoms. The highest BCUT2D eigenvalue weighted by molar-refractivity contribution is 5.28. The van der Waals surface area contributed by atoms with Crippen molar-refractivity contribution in [3.63, 3.8) is 0 Å². The Morgan fingerprint density at radius 3 is 2.56 bits per heavy atom. The maximum atomic E-state index is 10.2. The molecule has 2 aromatic rings. The van der Waals surface area contributed by atoms with E-state index < -0.39 is 6.10 Å². The first-order valence-corrected chi connectivity index (χ1v) is 10.1. The molecule has 2 aromatic carbocycles. The number of hydrogen-bond acceptors (Lipinski definition) is 4. The average molecular weight is 369 g/mol. The van der Waals surface area contributed by atoms with E-state index >= 15 is 0 Å². The van der Waals surface area contributed by atoms with Crippen LogP contribution in [-0.2, 0) is 13.0 Å². The van der Waals surface area contributed by atoms with Crippen LogP contribution in [0, 0.1) is 0 Å². The number of nitrogens with zero attached hydrogens (tertiary/aromatic N) is 1. The molecule has 0 aromatic heterocycles. The SMILES string of the molecule is CCc1cccc(OC[C@H](O)CNC2CCN(Cc3ccccc3)CC2)c1. The van der Waals surface area contributed by atoms with Crippen LogP contribution in [0.2, 0.25) is 0 Å². The van der Waals surface area contributed by atoms with Gasteiger partial charge in [0, 0.05) is 19.1 Å². The number of benzene rings is 2. The average Bonchev–Trinajstić information content (AvgIpc) is 2.72. The van der Waals surface area contributed by atoms with Gasteiger partial charge in [-0.2, -0.15) is 0 Å². The molecule has 4 nitrogen and oxygen atoms in total. The molecule has 1 aliphatic heterocycles. The van der Waals surface area contributed by atoms with Gasteiger partial charge in [0.1, 0.15) is 18.5 Å². The van der Waals surface area contributed by atoms with Crippen LogP contribution in [0.4, 0.5) is 0 Å². The van der Waals surface area contributed by atoms with E-state index in [0.717, 1.165) is 44.6 Å². The highest BCUT2D eigenvalue weighted by Gasteiger charge is 2.19. The Kier molecular flexibility index (Phi) is 7.69. The number of piperidine rings is 1. The van der Waals surface area contributed by atoms with Crippen LogP contribution in [-0.4, -0.2) is 48.4 Å². The van der Waals surface area contributed by atoms with E-state index in [2.05, 4.69) is 53.5 Å². The largest absolute Gasteiger partial charge is 0.491 e. The zero-order valence-electron chi connectivity index (χ0n) is 16.3. The minimum Gasteiger partial charge on any atom is -0.491 e. The van der Waals surface area contributed by atoms with Gasteiger partial charge in [-0.3, -0.25) is 4.90 Å². The van der Waals surface area contributed by atoms with Crippen LogP contribution in [0.1, 0.15) is 30.9 Å². The van der Waals surface area contributed by atoms with Crippen molar-refractivity contribution in [1.82, 2.24) is 10.2 Å². The van der Waals surface area contributed by atoms with Gasteiger partial charge in [-0.15, -0.1) is 0 Å². The second-order valence-corrected chi connectivity index (χ2v) is 7.41. The summed E-state index contributed by atoms with van der Waals surface area (Å²) in [5.41, 5.74) is 2.63. The predicted octanol–water partition coefficient (Wildman–Crippen LogP) is 3.24. The lowest BCUT2D eigenvalue weighted by Gasteiger charge is -2.33. The molecular formula is C23H32N2O2. The Hall–Kier alpha value is -1.88. The summed E-state index contributed by atoms with van der Waals surface area (Å²) >= 11 is 0. The maximum Gasteiger partial charge on any atom is 0.119 e. The van der Waals surface area contributed by atoms with Crippen LogP contribution in [0.25, 0.3) is 0 Å². The van der Waals surface area contributed by atoms with E-state index in [0.29, 0.717) is 19.2 Å².